The molecule has 8 heteroatoms. The van der Waals surface area contributed by atoms with Crippen molar-refractivity contribution < 1.29 is 14.3 Å². The predicted molar refractivity (Wildman–Crippen MR) is 69.8 cm³/mol. The molecule has 0 fully saturated rings. The van der Waals surface area contributed by atoms with Gasteiger partial charge in [0.1, 0.15) is 16.8 Å². The first kappa shape index (κ1) is 13.5. The third-order valence-electron chi connectivity index (χ3n) is 2.16. The molecule has 0 aliphatic rings. The summed E-state index contributed by atoms with van der Waals surface area (Å²) in [5.41, 5.74) is 6.82. The molecule has 2 N–H and O–H groups in total. The first-order valence-corrected chi connectivity index (χ1v) is 6.47. The number of esters is 1. The van der Waals surface area contributed by atoms with E-state index in [1.165, 1.54) is 16.0 Å². The fraction of sp³-hybridized carbons (Fsp3) is 0.455. The maximum Gasteiger partial charge on any atom is 0.328 e. The summed E-state index contributed by atoms with van der Waals surface area (Å²) >= 11 is 1.26. The molecule has 2 heterocycles. The number of nitrogens with two attached hydrogens (primary N) is 1. The normalized spacial score (nSPS) is 11.7. The van der Waals surface area contributed by atoms with Gasteiger partial charge in [-0.15, -0.1) is 11.3 Å². The average molecular weight is 282 g/mol. The maximum absolute atomic E-state index is 11.7. The zero-order valence-electron chi connectivity index (χ0n) is 10.8. The molecule has 0 saturated heterocycles. The minimum Gasteiger partial charge on any atom is -0.459 e. The number of aromatic nitrogens is 3. The molecule has 0 aromatic carbocycles. The third-order valence-corrected chi connectivity index (χ3v) is 2.98. The van der Waals surface area contributed by atoms with Crippen LogP contribution in [-0.4, -0.2) is 32.2 Å². The van der Waals surface area contributed by atoms with Gasteiger partial charge in [0.05, 0.1) is 5.51 Å². The molecule has 2 aromatic rings. The Morgan fingerprint density at radius 3 is 2.74 bits per heavy atom. The number of thiazole rings is 1. The van der Waals surface area contributed by atoms with E-state index in [-0.39, 0.29) is 12.2 Å². The molecule has 0 radical (unpaired) electrons. The fourth-order valence-corrected chi connectivity index (χ4v) is 2.34. The lowest BCUT2D eigenvalue weighted by Crippen LogP contribution is -2.27. The largest absolute Gasteiger partial charge is 0.459 e. The molecule has 7 nitrogen and oxygen atoms in total. The Hall–Kier alpha value is -1.96. The van der Waals surface area contributed by atoms with Gasteiger partial charge in [-0.1, -0.05) is 0 Å². The van der Waals surface area contributed by atoms with Crippen LogP contribution in [0.5, 0.6) is 0 Å². The van der Waals surface area contributed by atoms with Gasteiger partial charge in [0.25, 0.3) is 5.91 Å². The SMILES string of the molecule is CC(C)(C)OC(=O)Cn1nc(C(N)=O)c2scnc21. The van der Waals surface area contributed by atoms with Crippen LogP contribution in [0.1, 0.15) is 31.3 Å². The molecule has 2 rings (SSSR count). The molecule has 1 amide bonds. The van der Waals surface area contributed by atoms with Crippen molar-refractivity contribution >= 4 is 33.6 Å². The van der Waals surface area contributed by atoms with Crippen molar-refractivity contribution in [1.82, 2.24) is 14.8 Å². The van der Waals surface area contributed by atoms with E-state index < -0.39 is 17.5 Å². The Labute approximate surface area is 113 Å². The Morgan fingerprint density at radius 1 is 1.47 bits per heavy atom. The minimum absolute atomic E-state index is 0.106. The minimum atomic E-state index is -0.641. The number of nitrogens with zero attached hydrogens (tertiary/aromatic N) is 3. The third kappa shape index (κ3) is 2.90. The summed E-state index contributed by atoms with van der Waals surface area (Å²) in [4.78, 5) is 27.1. The van der Waals surface area contributed by atoms with E-state index in [2.05, 4.69) is 10.1 Å². The second-order valence-corrected chi connectivity index (χ2v) is 5.82. The predicted octanol–water partition coefficient (Wildman–Crippen LogP) is 0.933. The van der Waals surface area contributed by atoms with Gasteiger partial charge in [-0.25, -0.2) is 9.67 Å². The number of hydrogen-bond acceptors (Lipinski definition) is 6. The number of amides is 1. The van der Waals surface area contributed by atoms with E-state index >= 15 is 0 Å². The van der Waals surface area contributed by atoms with Crippen molar-refractivity contribution in [3.05, 3.63) is 11.2 Å². The molecular weight excluding hydrogens is 268 g/mol. The van der Waals surface area contributed by atoms with Crippen molar-refractivity contribution in [2.75, 3.05) is 0 Å². The van der Waals surface area contributed by atoms with Crippen molar-refractivity contribution in [3.63, 3.8) is 0 Å². The summed E-state index contributed by atoms with van der Waals surface area (Å²) in [6.45, 7) is 5.23. The standard InChI is InChI=1S/C11H14N4O3S/c1-11(2,3)18-6(16)4-15-10-8(19-5-13-10)7(14-15)9(12)17/h5H,4H2,1-3H3,(H2,12,17). The van der Waals surface area contributed by atoms with E-state index in [0.29, 0.717) is 10.3 Å². The van der Waals surface area contributed by atoms with Crippen LogP contribution < -0.4 is 5.73 Å². The molecule has 0 saturated carbocycles. The smallest absolute Gasteiger partial charge is 0.328 e. The van der Waals surface area contributed by atoms with Gasteiger partial charge in [0.2, 0.25) is 0 Å². The lowest BCUT2D eigenvalue weighted by molar-refractivity contribution is -0.155. The summed E-state index contributed by atoms with van der Waals surface area (Å²) in [6, 6.07) is 0. The number of fused-ring (bicyclic) bond motifs is 1. The molecule has 2 aromatic heterocycles. The first-order valence-electron chi connectivity index (χ1n) is 5.59. The van der Waals surface area contributed by atoms with Crippen LogP contribution in [0.25, 0.3) is 10.3 Å². The Kier molecular flexibility index (Phi) is 3.27. The second-order valence-electron chi connectivity index (χ2n) is 4.96. The Morgan fingerprint density at radius 2 is 2.16 bits per heavy atom. The average Bonchev–Trinajstić information content (AvgIpc) is 2.78. The maximum atomic E-state index is 11.7. The number of carbonyl (C=O) groups is 2. The van der Waals surface area contributed by atoms with Crippen LogP contribution in [0.2, 0.25) is 0 Å². The van der Waals surface area contributed by atoms with Crippen LogP contribution in [0.4, 0.5) is 0 Å². The van der Waals surface area contributed by atoms with Gasteiger partial charge in [-0.05, 0) is 20.8 Å². The Bertz CT molecular complexity index is 638. The summed E-state index contributed by atoms with van der Waals surface area (Å²) in [6.07, 6.45) is 0. The van der Waals surface area contributed by atoms with Gasteiger partial charge in [0, 0.05) is 0 Å². The van der Waals surface area contributed by atoms with Crippen LogP contribution in [0, 0.1) is 0 Å². The molecule has 0 aliphatic heterocycles. The zero-order chi connectivity index (χ0) is 14.2. The molecular formula is C11H14N4O3S. The topological polar surface area (TPSA) is 100 Å². The summed E-state index contributed by atoms with van der Waals surface area (Å²) in [7, 11) is 0. The molecule has 102 valence electrons. The summed E-state index contributed by atoms with van der Waals surface area (Å²) in [5, 5.41) is 4.01. The van der Waals surface area contributed by atoms with Gasteiger partial charge < -0.3 is 10.5 Å². The highest BCUT2D eigenvalue weighted by Crippen LogP contribution is 2.22. The van der Waals surface area contributed by atoms with E-state index in [9.17, 15) is 9.59 Å². The number of primary amides is 1. The molecule has 0 spiro atoms. The van der Waals surface area contributed by atoms with Crippen molar-refractivity contribution in [1.29, 1.82) is 0 Å². The molecule has 0 atom stereocenters. The quantitative estimate of drug-likeness (QED) is 0.844. The summed E-state index contributed by atoms with van der Waals surface area (Å²) in [5.74, 6) is -1.09. The van der Waals surface area contributed by atoms with Crippen LogP contribution >= 0.6 is 11.3 Å². The highest BCUT2D eigenvalue weighted by atomic mass is 32.1. The van der Waals surface area contributed by atoms with Gasteiger partial charge in [0.15, 0.2) is 11.3 Å². The van der Waals surface area contributed by atoms with Crippen molar-refractivity contribution in [3.8, 4) is 0 Å². The fourth-order valence-electron chi connectivity index (χ4n) is 1.57. The van der Waals surface area contributed by atoms with Gasteiger partial charge >= 0.3 is 5.97 Å². The number of hydrogen-bond donors (Lipinski definition) is 1. The van der Waals surface area contributed by atoms with E-state index in [1.54, 1.807) is 26.3 Å². The van der Waals surface area contributed by atoms with Crippen LogP contribution in [-0.2, 0) is 16.1 Å². The lowest BCUT2D eigenvalue weighted by atomic mass is 10.2. The zero-order valence-corrected chi connectivity index (χ0v) is 11.7. The van der Waals surface area contributed by atoms with E-state index in [1.807, 2.05) is 0 Å². The number of rotatable bonds is 3. The molecule has 0 unspecified atom stereocenters. The van der Waals surface area contributed by atoms with Gasteiger partial charge in [-0.3, -0.25) is 9.59 Å². The molecule has 0 bridgehead atoms. The lowest BCUT2D eigenvalue weighted by Gasteiger charge is -2.19. The molecule has 19 heavy (non-hydrogen) atoms. The second kappa shape index (κ2) is 4.61. The van der Waals surface area contributed by atoms with Crippen molar-refractivity contribution in [2.45, 2.75) is 32.9 Å². The molecule has 0 aliphatic carbocycles. The highest BCUT2D eigenvalue weighted by molar-refractivity contribution is 7.17. The van der Waals surface area contributed by atoms with E-state index in [4.69, 9.17) is 10.5 Å². The number of carbonyl (C=O) groups excluding carboxylic acids is 2. The van der Waals surface area contributed by atoms with Gasteiger partial charge in [-0.2, -0.15) is 5.10 Å². The number of ether oxygens (including phenoxy) is 1. The highest BCUT2D eigenvalue weighted by Gasteiger charge is 2.21. The van der Waals surface area contributed by atoms with E-state index in [0.717, 1.165) is 0 Å². The van der Waals surface area contributed by atoms with Crippen LogP contribution in [0.15, 0.2) is 5.51 Å². The summed E-state index contributed by atoms with van der Waals surface area (Å²) < 4.78 is 7.11. The van der Waals surface area contributed by atoms with Crippen molar-refractivity contribution in [2.24, 2.45) is 5.73 Å². The Balaban J connectivity index is 2.28. The van der Waals surface area contributed by atoms with Crippen LogP contribution in [0.3, 0.4) is 0 Å². The monoisotopic (exact) mass is 282 g/mol. The first-order chi connectivity index (χ1) is 8.78.